The summed E-state index contributed by atoms with van der Waals surface area (Å²) in [6, 6.07) is 5.15. The molecule has 0 aliphatic carbocycles. The van der Waals surface area contributed by atoms with Crippen LogP contribution < -0.4 is 20.6 Å². The summed E-state index contributed by atoms with van der Waals surface area (Å²) in [7, 11) is 0. The summed E-state index contributed by atoms with van der Waals surface area (Å²) in [6.45, 7) is 0.189. The Balaban J connectivity index is 2.02. The number of hydrazone groups is 1. The molecule has 17 heavy (non-hydrogen) atoms. The normalized spacial score (nSPS) is 12.7. The average Bonchev–Trinajstić information content (AvgIpc) is 2.75. The predicted octanol–water partition coefficient (Wildman–Crippen LogP) is -0.649. The number of carbonyl (C=O) groups is 2. The van der Waals surface area contributed by atoms with Gasteiger partial charge < -0.3 is 15.2 Å². The van der Waals surface area contributed by atoms with Crippen LogP contribution in [0.3, 0.4) is 0 Å². The second kappa shape index (κ2) is 4.52. The molecule has 1 aliphatic heterocycles. The van der Waals surface area contributed by atoms with Crippen molar-refractivity contribution >= 4 is 18.0 Å². The van der Waals surface area contributed by atoms with E-state index < -0.39 is 11.8 Å². The fraction of sp³-hybridized carbons (Fsp3) is 0.100. The summed E-state index contributed by atoms with van der Waals surface area (Å²) in [5.41, 5.74) is 7.40. The Bertz CT molecular complexity index is 498. The second-order valence-corrected chi connectivity index (χ2v) is 3.18. The van der Waals surface area contributed by atoms with Crippen LogP contribution in [0.5, 0.6) is 11.5 Å². The van der Waals surface area contributed by atoms with E-state index in [4.69, 9.17) is 15.2 Å². The smallest absolute Gasteiger partial charge is 0.329 e. The number of carbonyl (C=O) groups excluding carboxylic acids is 2. The van der Waals surface area contributed by atoms with Crippen molar-refractivity contribution in [3.63, 3.8) is 0 Å². The van der Waals surface area contributed by atoms with Gasteiger partial charge in [0.1, 0.15) is 0 Å². The highest BCUT2D eigenvalue weighted by Crippen LogP contribution is 2.31. The minimum absolute atomic E-state index is 0.189. The lowest BCUT2D eigenvalue weighted by Crippen LogP contribution is -2.32. The molecule has 2 amide bonds. The van der Waals surface area contributed by atoms with E-state index in [1.807, 2.05) is 5.43 Å². The largest absolute Gasteiger partial charge is 0.454 e. The quantitative estimate of drug-likeness (QED) is 0.404. The molecular formula is C10H9N3O4. The topological polar surface area (TPSA) is 103 Å². The molecule has 88 valence electrons. The Kier molecular flexibility index (Phi) is 2.91. The number of ether oxygens (including phenoxy) is 2. The van der Waals surface area contributed by atoms with Gasteiger partial charge >= 0.3 is 11.8 Å². The van der Waals surface area contributed by atoms with Crippen LogP contribution in [0, 0.1) is 0 Å². The molecule has 0 fully saturated rings. The van der Waals surface area contributed by atoms with Crippen molar-refractivity contribution in [1.29, 1.82) is 0 Å². The van der Waals surface area contributed by atoms with Gasteiger partial charge in [0.15, 0.2) is 11.5 Å². The maximum atomic E-state index is 10.8. The fourth-order valence-electron chi connectivity index (χ4n) is 1.21. The number of nitrogens with zero attached hydrogens (tertiary/aromatic N) is 1. The van der Waals surface area contributed by atoms with E-state index in [1.165, 1.54) is 6.21 Å². The van der Waals surface area contributed by atoms with Gasteiger partial charge in [-0.05, 0) is 23.8 Å². The van der Waals surface area contributed by atoms with Crippen LogP contribution in [0.4, 0.5) is 0 Å². The lowest BCUT2D eigenvalue weighted by Gasteiger charge is -1.97. The maximum absolute atomic E-state index is 10.8. The van der Waals surface area contributed by atoms with E-state index in [9.17, 15) is 9.59 Å². The maximum Gasteiger partial charge on any atom is 0.329 e. The summed E-state index contributed by atoms with van der Waals surface area (Å²) in [5, 5.41) is 3.57. The van der Waals surface area contributed by atoms with Crippen molar-refractivity contribution in [3.8, 4) is 11.5 Å². The molecule has 3 N–H and O–H groups in total. The molecule has 1 aromatic rings. The van der Waals surface area contributed by atoms with Crippen LogP contribution in [-0.2, 0) is 9.59 Å². The second-order valence-electron chi connectivity index (χ2n) is 3.18. The third kappa shape index (κ3) is 2.51. The van der Waals surface area contributed by atoms with Crippen LogP contribution in [0.1, 0.15) is 5.56 Å². The summed E-state index contributed by atoms with van der Waals surface area (Å²) in [5.74, 6) is -0.798. The molecule has 0 aromatic heterocycles. The number of rotatable bonds is 2. The molecule has 1 aliphatic rings. The van der Waals surface area contributed by atoms with Gasteiger partial charge in [0.05, 0.1) is 6.21 Å². The first kappa shape index (κ1) is 10.9. The van der Waals surface area contributed by atoms with E-state index >= 15 is 0 Å². The van der Waals surface area contributed by atoms with Gasteiger partial charge in [-0.25, -0.2) is 5.43 Å². The number of nitrogens with two attached hydrogens (primary N) is 1. The van der Waals surface area contributed by atoms with Gasteiger partial charge in [0, 0.05) is 0 Å². The molecule has 7 heteroatoms. The van der Waals surface area contributed by atoms with Gasteiger partial charge in [-0.3, -0.25) is 9.59 Å². The first-order valence-corrected chi connectivity index (χ1v) is 4.69. The Morgan fingerprint density at radius 2 is 2.12 bits per heavy atom. The number of nitrogens with one attached hydrogen (secondary N) is 1. The average molecular weight is 235 g/mol. The van der Waals surface area contributed by atoms with Crippen molar-refractivity contribution in [2.75, 3.05) is 6.79 Å². The van der Waals surface area contributed by atoms with Crippen LogP contribution in [0.2, 0.25) is 0 Å². The first-order chi connectivity index (χ1) is 8.16. The minimum atomic E-state index is -1.09. The van der Waals surface area contributed by atoms with E-state index in [2.05, 4.69) is 5.10 Å². The Hall–Kier alpha value is -2.57. The van der Waals surface area contributed by atoms with Crippen LogP contribution >= 0.6 is 0 Å². The summed E-state index contributed by atoms with van der Waals surface area (Å²) < 4.78 is 10.3. The molecule has 0 unspecified atom stereocenters. The van der Waals surface area contributed by atoms with Crippen LogP contribution in [0.15, 0.2) is 23.3 Å². The zero-order valence-electron chi connectivity index (χ0n) is 8.67. The zero-order chi connectivity index (χ0) is 12.3. The van der Waals surface area contributed by atoms with E-state index in [-0.39, 0.29) is 6.79 Å². The van der Waals surface area contributed by atoms with E-state index in [0.29, 0.717) is 17.1 Å². The summed E-state index contributed by atoms with van der Waals surface area (Å²) in [6.07, 6.45) is 1.36. The number of hydrogen-bond donors (Lipinski definition) is 2. The molecule has 7 nitrogen and oxygen atoms in total. The van der Waals surface area contributed by atoms with Crippen LogP contribution in [-0.4, -0.2) is 24.8 Å². The van der Waals surface area contributed by atoms with Crippen molar-refractivity contribution in [2.45, 2.75) is 0 Å². The van der Waals surface area contributed by atoms with E-state index in [0.717, 1.165) is 0 Å². The lowest BCUT2D eigenvalue weighted by molar-refractivity contribution is -0.137. The van der Waals surface area contributed by atoms with Gasteiger partial charge in [-0.15, -0.1) is 0 Å². The summed E-state index contributed by atoms with van der Waals surface area (Å²) >= 11 is 0. The molecule has 0 spiro atoms. The Morgan fingerprint density at radius 3 is 2.88 bits per heavy atom. The highest BCUT2D eigenvalue weighted by Gasteiger charge is 2.12. The molecule has 2 rings (SSSR count). The summed E-state index contributed by atoms with van der Waals surface area (Å²) in [4.78, 5) is 21.2. The minimum Gasteiger partial charge on any atom is -0.454 e. The van der Waals surface area contributed by atoms with Crippen molar-refractivity contribution < 1.29 is 19.1 Å². The third-order valence-corrected chi connectivity index (χ3v) is 2.00. The molecular weight excluding hydrogens is 226 g/mol. The monoisotopic (exact) mass is 235 g/mol. The highest BCUT2D eigenvalue weighted by molar-refractivity contribution is 6.34. The molecule has 1 heterocycles. The number of fused-ring (bicyclic) bond motifs is 1. The first-order valence-electron chi connectivity index (χ1n) is 4.69. The number of hydrogen-bond acceptors (Lipinski definition) is 5. The molecule has 0 saturated heterocycles. The highest BCUT2D eigenvalue weighted by atomic mass is 16.7. The number of benzene rings is 1. The van der Waals surface area contributed by atoms with Crippen molar-refractivity contribution in [3.05, 3.63) is 23.8 Å². The number of amides is 2. The molecule has 1 aromatic carbocycles. The predicted molar refractivity (Wildman–Crippen MR) is 57.5 cm³/mol. The zero-order valence-corrected chi connectivity index (χ0v) is 8.67. The van der Waals surface area contributed by atoms with Crippen molar-refractivity contribution in [2.24, 2.45) is 10.8 Å². The van der Waals surface area contributed by atoms with Gasteiger partial charge in [0.25, 0.3) is 0 Å². The fourth-order valence-corrected chi connectivity index (χ4v) is 1.21. The Labute approximate surface area is 96.2 Å². The SMILES string of the molecule is NC(=O)C(=O)NN=Cc1ccc2c(c1)OCO2. The van der Waals surface area contributed by atoms with Gasteiger partial charge in [-0.1, -0.05) is 0 Å². The molecule has 0 bridgehead atoms. The molecule has 0 radical (unpaired) electrons. The van der Waals surface area contributed by atoms with E-state index in [1.54, 1.807) is 18.2 Å². The standard InChI is InChI=1S/C10H9N3O4/c11-9(14)10(15)13-12-4-6-1-2-7-8(3-6)17-5-16-7/h1-4H,5H2,(H2,11,14)(H,13,15). The number of primary amides is 1. The van der Waals surface area contributed by atoms with Gasteiger partial charge in [-0.2, -0.15) is 5.10 Å². The Morgan fingerprint density at radius 1 is 1.35 bits per heavy atom. The van der Waals surface area contributed by atoms with Crippen molar-refractivity contribution in [1.82, 2.24) is 5.43 Å². The molecule has 0 saturated carbocycles. The lowest BCUT2D eigenvalue weighted by atomic mass is 10.2. The third-order valence-electron chi connectivity index (χ3n) is 2.00. The van der Waals surface area contributed by atoms with Crippen LogP contribution in [0.25, 0.3) is 0 Å². The molecule has 0 atom stereocenters. The van der Waals surface area contributed by atoms with Gasteiger partial charge in [0.2, 0.25) is 6.79 Å².